The van der Waals surface area contributed by atoms with E-state index in [1.807, 2.05) is 20.3 Å². The highest BCUT2D eigenvalue weighted by Crippen LogP contribution is 2.24. The molecular formula is C16H16BrN3. The Kier molecular flexibility index (Phi) is 3.26. The van der Waals surface area contributed by atoms with E-state index in [0.717, 1.165) is 26.9 Å². The summed E-state index contributed by atoms with van der Waals surface area (Å²) in [6.07, 6.45) is 4.10. The molecule has 0 aliphatic rings. The average molecular weight is 330 g/mol. The van der Waals surface area contributed by atoms with Gasteiger partial charge in [0.15, 0.2) is 0 Å². The number of nitrogens with zero attached hydrogens (tertiary/aromatic N) is 3. The number of aryl methyl sites for hydroxylation is 1. The summed E-state index contributed by atoms with van der Waals surface area (Å²) in [6, 6.07) is 10.5. The predicted octanol–water partition coefficient (Wildman–Crippen LogP) is 4.14. The van der Waals surface area contributed by atoms with Crippen LogP contribution < -0.4 is 4.90 Å². The molecule has 0 aliphatic heterocycles. The molecule has 0 radical (unpaired) electrons. The molecule has 3 nitrogen and oxygen atoms in total. The topological polar surface area (TPSA) is 20.5 Å². The Morgan fingerprint density at radius 3 is 2.45 bits per heavy atom. The molecule has 20 heavy (non-hydrogen) atoms. The molecule has 0 bridgehead atoms. The van der Waals surface area contributed by atoms with E-state index in [2.05, 4.69) is 68.7 Å². The summed E-state index contributed by atoms with van der Waals surface area (Å²) in [6.45, 7) is 2.08. The van der Waals surface area contributed by atoms with Crippen molar-refractivity contribution in [2.75, 3.05) is 19.0 Å². The molecule has 3 rings (SSSR count). The fourth-order valence-electron chi connectivity index (χ4n) is 2.29. The number of imidazole rings is 1. The van der Waals surface area contributed by atoms with Gasteiger partial charge in [0.05, 0.1) is 5.69 Å². The normalized spacial score (nSPS) is 11.0. The number of hydrogen-bond donors (Lipinski definition) is 0. The Balaban J connectivity index is 2.08. The summed E-state index contributed by atoms with van der Waals surface area (Å²) < 4.78 is 3.13. The fourth-order valence-corrected chi connectivity index (χ4v) is 2.86. The van der Waals surface area contributed by atoms with Crippen molar-refractivity contribution >= 4 is 27.3 Å². The first kappa shape index (κ1) is 13.2. The number of pyridine rings is 1. The number of fused-ring (bicyclic) bond motifs is 1. The van der Waals surface area contributed by atoms with Gasteiger partial charge in [0.25, 0.3) is 0 Å². The van der Waals surface area contributed by atoms with Gasteiger partial charge in [0.1, 0.15) is 5.65 Å². The maximum atomic E-state index is 4.73. The summed E-state index contributed by atoms with van der Waals surface area (Å²) in [5.74, 6) is 0. The maximum absolute atomic E-state index is 4.73. The lowest BCUT2D eigenvalue weighted by Gasteiger charge is -2.12. The minimum atomic E-state index is 0.997. The van der Waals surface area contributed by atoms with E-state index < -0.39 is 0 Å². The first-order valence-corrected chi connectivity index (χ1v) is 7.26. The van der Waals surface area contributed by atoms with Gasteiger partial charge in [-0.05, 0) is 46.6 Å². The van der Waals surface area contributed by atoms with Crippen molar-refractivity contribution in [1.82, 2.24) is 9.38 Å². The van der Waals surface area contributed by atoms with Crippen molar-refractivity contribution < 1.29 is 0 Å². The Morgan fingerprint density at radius 1 is 1.10 bits per heavy atom. The molecule has 0 N–H and O–H groups in total. The van der Waals surface area contributed by atoms with E-state index >= 15 is 0 Å². The molecule has 4 heteroatoms. The summed E-state index contributed by atoms with van der Waals surface area (Å²) >= 11 is 3.52. The Morgan fingerprint density at radius 2 is 1.80 bits per heavy atom. The highest BCUT2D eigenvalue weighted by molar-refractivity contribution is 9.10. The van der Waals surface area contributed by atoms with E-state index in [0.29, 0.717) is 0 Å². The minimum absolute atomic E-state index is 0.997. The summed E-state index contributed by atoms with van der Waals surface area (Å²) in [7, 11) is 4.08. The van der Waals surface area contributed by atoms with Gasteiger partial charge in [-0.2, -0.15) is 0 Å². The summed E-state index contributed by atoms with van der Waals surface area (Å²) in [5, 5.41) is 0. The van der Waals surface area contributed by atoms with Crippen LogP contribution in [-0.4, -0.2) is 23.5 Å². The molecule has 2 aromatic heterocycles. The zero-order chi connectivity index (χ0) is 14.3. The molecule has 0 saturated carbocycles. The van der Waals surface area contributed by atoms with Crippen molar-refractivity contribution in [3.8, 4) is 11.3 Å². The number of hydrogen-bond acceptors (Lipinski definition) is 2. The maximum Gasteiger partial charge on any atom is 0.140 e. The molecule has 0 unspecified atom stereocenters. The van der Waals surface area contributed by atoms with Crippen molar-refractivity contribution in [1.29, 1.82) is 0 Å². The van der Waals surface area contributed by atoms with Crippen molar-refractivity contribution in [2.24, 2.45) is 0 Å². The lowest BCUT2D eigenvalue weighted by molar-refractivity contribution is 1.13. The van der Waals surface area contributed by atoms with Crippen LogP contribution in [0.15, 0.2) is 47.2 Å². The van der Waals surface area contributed by atoms with Crippen LogP contribution in [0.4, 0.5) is 5.69 Å². The molecule has 0 atom stereocenters. The lowest BCUT2D eigenvalue weighted by atomic mass is 10.1. The smallest absolute Gasteiger partial charge is 0.140 e. The van der Waals surface area contributed by atoms with Gasteiger partial charge in [-0.1, -0.05) is 12.1 Å². The third-order valence-corrected chi connectivity index (χ3v) is 3.81. The monoisotopic (exact) mass is 329 g/mol. The quantitative estimate of drug-likeness (QED) is 0.704. The van der Waals surface area contributed by atoms with E-state index in [1.165, 1.54) is 5.69 Å². The zero-order valence-corrected chi connectivity index (χ0v) is 13.3. The summed E-state index contributed by atoms with van der Waals surface area (Å²) in [4.78, 5) is 6.82. The Hall–Kier alpha value is -1.81. The Bertz CT molecular complexity index is 757. The van der Waals surface area contributed by atoms with Gasteiger partial charge in [-0.25, -0.2) is 4.98 Å². The van der Waals surface area contributed by atoms with Crippen LogP contribution in [0.5, 0.6) is 0 Å². The standard InChI is InChI=1S/C16H16BrN3/c1-11-8-13(17)9-20-10-15(18-16(11)20)12-4-6-14(7-5-12)19(2)3/h4-10H,1-3H3. The molecule has 0 fully saturated rings. The van der Waals surface area contributed by atoms with Crippen LogP contribution in [0.1, 0.15) is 5.56 Å². The second kappa shape index (κ2) is 4.94. The van der Waals surface area contributed by atoms with E-state index in [9.17, 15) is 0 Å². The van der Waals surface area contributed by atoms with E-state index in [1.54, 1.807) is 0 Å². The number of benzene rings is 1. The number of rotatable bonds is 2. The molecule has 0 amide bonds. The first-order valence-electron chi connectivity index (χ1n) is 6.47. The average Bonchev–Trinajstić information content (AvgIpc) is 2.83. The first-order chi connectivity index (χ1) is 9.54. The number of aromatic nitrogens is 2. The molecule has 2 heterocycles. The van der Waals surface area contributed by atoms with Crippen LogP contribution in [0.25, 0.3) is 16.9 Å². The second-order valence-electron chi connectivity index (χ2n) is 5.14. The van der Waals surface area contributed by atoms with Crippen LogP contribution in [0.2, 0.25) is 0 Å². The summed E-state index contributed by atoms with van der Waals surface area (Å²) in [5.41, 5.74) is 5.48. The van der Waals surface area contributed by atoms with Crippen LogP contribution in [-0.2, 0) is 0 Å². The third-order valence-electron chi connectivity index (χ3n) is 3.38. The SMILES string of the molecule is Cc1cc(Br)cn2cc(-c3ccc(N(C)C)cc3)nc12. The molecule has 0 spiro atoms. The minimum Gasteiger partial charge on any atom is -0.378 e. The van der Waals surface area contributed by atoms with Crippen molar-refractivity contribution in [2.45, 2.75) is 6.92 Å². The van der Waals surface area contributed by atoms with Crippen LogP contribution in [0.3, 0.4) is 0 Å². The van der Waals surface area contributed by atoms with Crippen molar-refractivity contribution in [3.63, 3.8) is 0 Å². The molecule has 1 aromatic carbocycles. The van der Waals surface area contributed by atoms with Gasteiger partial charge >= 0.3 is 0 Å². The fraction of sp³-hybridized carbons (Fsp3) is 0.188. The second-order valence-corrected chi connectivity index (χ2v) is 6.06. The van der Waals surface area contributed by atoms with Gasteiger partial charge in [-0.3, -0.25) is 0 Å². The van der Waals surface area contributed by atoms with Gasteiger partial charge in [0, 0.05) is 42.2 Å². The van der Waals surface area contributed by atoms with Crippen LogP contribution in [0, 0.1) is 6.92 Å². The molecular weight excluding hydrogens is 314 g/mol. The molecule has 0 saturated heterocycles. The lowest BCUT2D eigenvalue weighted by Crippen LogP contribution is -2.07. The van der Waals surface area contributed by atoms with Gasteiger partial charge < -0.3 is 9.30 Å². The highest BCUT2D eigenvalue weighted by Gasteiger charge is 2.07. The van der Waals surface area contributed by atoms with Crippen molar-refractivity contribution in [3.05, 3.63) is 52.8 Å². The molecule has 3 aromatic rings. The van der Waals surface area contributed by atoms with E-state index in [-0.39, 0.29) is 0 Å². The highest BCUT2D eigenvalue weighted by atomic mass is 79.9. The number of anilines is 1. The predicted molar refractivity (Wildman–Crippen MR) is 87.4 cm³/mol. The van der Waals surface area contributed by atoms with E-state index in [4.69, 9.17) is 4.98 Å². The zero-order valence-electron chi connectivity index (χ0n) is 11.8. The molecule has 0 aliphatic carbocycles. The Labute approximate surface area is 127 Å². The van der Waals surface area contributed by atoms with Crippen LogP contribution >= 0.6 is 15.9 Å². The van der Waals surface area contributed by atoms with Gasteiger partial charge in [-0.15, -0.1) is 0 Å². The number of halogens is 1. The molecule has 102 valence electrons. The third kappa shape index (κ3) is 2.31. The van der Waals surface area contributed by atoms with Gasteiger partial charge in [0.2, 0.25) is 0 Å². The largest absolute Gasteiger partial charge is 0.378 e.